The molecule has 1 atom stereocenters. The Kier molecular flexibility index (Phi) is 3.31. The zero-order valence-corrected chi connectivity index (χ0v) is 12.7. The minimum Gasteiger partial charge on any atom is -0.372 e. The van der Waals surface area contributed by atoms with Crippen molar-refractivity contribution in [3.8, 4) is 23.0 Å². The molecular formula is C19H15F3O. The Balaban J connectivity index is 2.35. The van der Waals surface area contributed by atoms with Gasteiger partial charge in [-0.1, -0.05) is 68.3 Å². The van der Waals surface area contributed by atoms with Crippen LogP contribution < -0.4 is 0 Å². The Bertz CT molecular complexity index is 824. The molecule has 0 bridgehead atoms. The quantitative estimate of drug-likeness (QED) is 0.714. The molecule has 0 saturated carbocycles. The number of fused-ring (bicyclic) bond motifs is 3. The van der Waals surface area contributed by atoms with Gasteiger partial charge in [-0.3, -0.25) is 0 Å². The maximum absolute atomic E-state index is 12.6. The molecule has 1 N–H and O–H groups in total. The molecule has 1 unspecified atom stereocenters. The molecule has 1 aliphatic rings. The van der Waals surface area contributed by atoms with E-state index in [1.807, 2.05) is 24.3 Å². The number of alkyl halides is 3. The SMILES string of the molecule is CC1(C)c2ccccc2-c2ccccc2C1(O)C#CC(F)(F)F. The van der Waals surface area contributed by atoms with E-state index in [4.69, 9.17) is 0 Å². The molecule has 0 amide bonds. The monoisotopic (exact) mass is 316 g/mol. The van der Waals surface area contributed by atoms with Gasteiger partial charge in [0.25, 0.3) is 0 Å². The molecule has 0 radical (unpaired) electrons. The Morgan fingerprint density at radius 2 is 1.35 bits per heavy atom. The Morgan fingerprint density at radius 3 is 1.91 bits per heavy atom. The van der Waals surface area contributed by atoms with Gasteiger partial charge in [-0.25, -0.2) is 0 Å². The van der Waals surface area contributed by atoms with Crippen molar-refractivity contribution in [3.63, 3.8) is 0 Å². The van der Waals surface area contributed by atoms with Crippen molar-refractivity contribution in [3.05, 3.63) is 59.7 Å². The highest BCUT2D eigenvalue weighted by molar-refractivity contribution is 5.78. The van der Waals surface area contributed by atoms with E-state index in [2.05, 4.69) is 5.92 Å². The molecule has 0 heterocycles. The van der Waals surface area contributed by atoms with Crippen molar-refractivity contribution in [1.82, 2.24) is 0 Å². The van der Waals surface area contributed by atoms with Gasteiger partial charge in [-0.2, -0.15) is 13.2 Å². The van der Waals surface area contributed by atoms with Gasteiger partial charge in [0, 0.05) is 16.9 Å². The Labute approximate surface area is 132 Å². The summed E-state index contributed by atoms with van der Waals surface area (Å²) in [6, 6.07) is 14.3. The van der Waals surface area contributed by atoms with Crippen LogP contribution >= 0.6 is 0 Å². The average Bonchev–Trinajstić information content (AvgIpc) is 2.51. The van der Waals surface area contributed by atoms with Gasteiger partial charge in [0.2, 0.25) is 0 Å². The first kappa shape index (κ1) is 15.6. The van der Waals surface area contributed by atoms with E-state index in [-0.39, 0.29) is 0 Å². The van der Waals surface area contributed by atoms with Gasteiger partial charge in [0.1, 0.15) is 0 Å². The summed E-state index contributed by atoms with van der Waals surface area (Å²) in [5, 5.41) is 11.2. The van der Waals surface area contributed by atoms with Gasteiger partial charge in [0.05, 0.1) is 0 Å². The predicted molar refractivity (Wildman–Crippen MR) is 82.6 cm³/mol. The lowest BCUT2D eigenvalue weighted by atomic mass is 9.60. The first-order valence-corrected chi connectivity index (χ1v) is 7.20. The third-order valence-corrected chi connectivity index (χ3v) is 4.50. The van der Waals surface area contributed by atoms with Crippen molar-refractivity contribution >= 4 is 0 Å². The molecule has 1 aliphatic carbocycles. The number of hydrogen-bond acceptors (Lipinski definition) is 1. The zero-order valence-electron chi connectivity index (χ0n) is 12.7. The van der Waals surface area contributed by atoms with Crippen LogP contribution in [0, 0.1) is 11.8 Å². The van der Waals surface area contributed by atoms with Crippen LogP contribution in [0.15, 0.2) is 48.5 Å². The van der Waals surface area contributed by atoms with Crippen molar-refractivity contribution in [2.75, 3.05) is 0 Å². The number of aliphatic hydroxyl groups is 1. The molecule has 3 rings (SSSR count). The summed E-state index contributed by atoms with van der Waals surface area (Å²) in [5.74, 6) is 3.37. The van der Waals surface area contributed by atoms with Crippen molar-refractivity contribution < 1.29 is 18.3 Å². The number of benzene rings is 2. The molecule has 0 aromatic heterocycles. The second-order valence-electron chi connectivity index (χ2n) is 6.17. The smallest absolute Gasteiger partial charge is 0.372 e. The van der Waals surface area contributed by atoms with Crippen molar-refractivity contribution in [2.24, 2.45) is 0 Å². The highest BCUT2D eigenvalue weighted by Crippen LogP contribution is 2.52. The molecule has 0 spiro atoms. The molecule has 2 aromatic carbocycles. The van der Waals surface area contributed by atoms with Gasteiger partial charge in [0.15, 0.2) is 5.60 Å². The van der Waals surface area contributed by atoms with E-state index >= 15 is 0 Å². The number of rotatable bonds is 0. The Morgan fingerprint density at radius 1 is 0.870 bits per heavy atom. The van der Waals surface area contributed by atoms with E-state index < -0.39 is 17.2 Å². The lowest BCUT2D eigenvalue weighted by Crippen LogP contribution is -2.47. The minimum atomic E-state index is -4.66. The Hall–Kier alpha value is -2.25. The zero-order chi connectivity index (χ0) is 16.9. The summed E-state index contributed by atoms with van der Waals surface area (Å²) in [6.45, 7) is 3.43. The molecule has 0 fully saturated rings. The van der Waals surface area contributed by atoms with Crippen LogP contribution in [0.4, 0.5) is 13.2 Å². The molecule has 118 valence electrons. The molecule has 2 aromatic rings. The average molecular weight is 316 g/mol. The number of hydrogen-bond donors (Lipinski definition) is 1. The predicted octanol–water partition coefficient (Wildman–Crippen LogP) is 4.40. The summed E-state index contributed by atoms with van der Waals surface area (Å²) < 4.78 is 37.9. The van der Waals surface area contributed by atoms with Crippen LogP contribution in [0.2, 0.25) is 0 Å². The molecule has 0 saturated heterocycles. The van der Waals surface area contributed by atoms with E-state index in [1.54, 1.807) is 38.1 Å². The second kappa shape index (κ2) is 4.87. The van der Waals surface area contributed by atoms with E-state index in [0.717, 1.165) is 11.1 Å². The van der Waals surface area contributed by atoms with Crippen LogP contribution in [0.5, 0.6) is 0 Å². The lowest BCUT2D eigenvalue weighted by molar-refractivity contribution is -0.0710. The first-order chi connectivity index (χ1) is 10.7. The largest absolute Gasteiger partial charge is 0.457 e. The highest BCUT2D eigenvalue weighted by Gasteiger charge is 2.50. The number of halogens is 3. The minimum absolute atomic E-state index is 0.403. The normalized spacial score (nSPS) is 21.7. The molecule has 23 heavy (non-hydrogen) atoms. The van der Waals surface area contributed by atoms with Gasteiger partial charge < -0.3 is 5.11 Å². The van der Waals surface area contributed by atoms with Gasteiger partial charge in [-0.05, 0) is 16.7 Å². The van der Waals surface area contributed by atoms with E-state index in [1.165, 1.54) is 5.92 Å². The summed E-state index contributed by atoms with van der Waals surface area (Å²) in [4.78, 5) is 0. The van der Waals surface area contributed by atoms with Crippen LogP contribution in [-0.2, 0) is 11.0 Å². The third kappa shape index (κ3) is 2.32. The van der Waals surface area contributed by atoms with Crippen molar-refractivity contribution in [2.45, 2.75) is 31.0 Å². The lowest BCUT2D eigenvalue weighted by Gasteiger charge is -2.45. The molecule has 1 nitrogen and oxygen atoms in total. The standard InChI is InChI=1S/C19H15F3O/c1-17(2)15-9-5-3-7-13(15)14-8-4-6-10-16(14)18(17,23)11-12-19(20,21)22/h3-10,23H,1-2H3. The first-order valence-electron chi connectivity index (χ1n) is 7.20. The maximum atomic E-state index is 12.6. The van der Waals surface area contributed by atoms with E-state index in [9.17, 15) is 18.3 Å². The van der Waals surface area contributed by atoms with Crippen molar-refractivity contribution in [1.29, 1.82) is 0 Å². The summed E-state index contributed by atoms with van der Waals surface area (Å²) >= 11 is 0. The topological polar surface area (TPSA) is 20.2 Å². The summed E-state index contributed by atoms with van der Waals surface area (Å²) in [5.41, 5.74) is -0.116. The van der Waals surface area contributed by atoms with Crippen LogP contribution in [0.25, 0.3) is 11.1 Å². The fourth-order valence-corrected chi connectivity index (χ4v) is 3.21. The molecular weight excluding hydrogens is 301 g/mol. The fraction of sp³-hybridized carbons (Fsp3) is 0.263. The van der Waals surface area contributed by atoms with Gasteiger partial charge in [-0.15, -0.1) is 0 Å². The van der Waals surface area contributed by atoms with E-state index in [0.29, 0.717) is 11.1 Å². The van der Waals surface area contributed by atoms with Crippen LogP contribution in [0.3, 0.4) is 0 Å². The summed E-state index contributed by atoms with van der Waals surface area (Å²) in [7, 11) is 0. The second-order valence-corrected chi connectivity index (χ2v) is 6.17. The van der Waals surface area contributed by atoms with Crippen LogP contribution in [-0.4, -0.2) is 11.3 Å². The van der Waals surface area contributed by atoms with Crippen LogP contribution in [0.1, 0.15) is 25.0 Å². The fourth-order valence-electron chi connectivity index (χ4n) is 3.21. The maximum Gasteiger partial charge on any atom is 0.457 e. The highest BCUT2D eigenvalue weighted by atomic mass is 19.4. The summed E-state index contributed by atoms with van der Waals surface area (Å²) in [6.07, 6.45) is -4.66. The van der Waals surface area contributed by atoms with Gasteiger partial charge >= 0.3 is 6.18 Å². The third-order valence-electron chi connectivity index (χ3n) is 4.50. The molecule has 4 heteroatoms. The molecule has 0 aliphatic heterocycles.